The molecule has 2 amide bonds. The van der Waals surface area contributed by atoms with Gasteiger partial charge in [-0.25, -0.2) is 17.5 Å². The Bertz CT molecular complexity index is 898. The highest BCUT2D eigenvalue weighted by molar-refractivity contribution is 7.89. The van der Waals surface area contributed by atoms with Crippen LogP contribution < -0.4 is 15.4 Å². The minimum Gasteiger partial charge on any atom is -0.326 e. The summed E-state index contributed by atoms with van der Waals surface area (Å²) in [4.78, 5) is 22.9. The van der Waals surface area contributed by atoms with Gasteiger partial charge in [0.25, 0.3) is 0 Å². The van der Waals surface area contributed by atoms with Crippen LogP contribution in [0.1, 0.15) is 13.3 Å². The van der Waals surface area contributed by atoms with Crippen LogP contribution in [0.3, 0.4) is 0 Å². The van der Waals surface area contributed by atoms with Gasteiger partial charge in [0, 0.05) is 31.3 Å². The molecule has 0 aliphatic carbocycles. The number of halogens is 1. The van der Waals surface area contributed by atoms with Crippen molar-refractivity contribution in [3.05, 3.63) is 54.3 Å². The molecule has 2 rings (SSSR count). The molecule has 0 saturated heterocycles. The van der Waals surface area contributed by atoms with Crippen LogP contribution in [0.15, 0.2) is 53.4 Å². The second-order valence-corrected chi connectivity index (χ2v) is 7.18. The number of nitrogens with one attached hydrogen (secondary N) is 3. The van der Waals surface area contributed by atoms with E-state index in [1.165, 1.54) is 6.92 Å². The zero-order valence-electron chi connectivity index (χ0n) is 14.0. The summed E-state index contributed by atoms with van der Waals surface area (Å²) in [6.45, 7) is 1.26. The third-order valence-corrected chi connectivity index (χ3v) is 4.71. The number of hydrogen-bond donors (Lipinski definition) is 3. The van der Waals surface area contributed by atoms with E-state index >= 15 is 0 Å². The molecule has 26 heavy (non-hydrogen) atoms. The Labute approximate surface area is 150 Å². The minimum atomic E-state index is -3.81. The van der Waals surface area contributed by atoms with E-state index in [0.29, 0.717) is 11.4 Å². The van der Waals surface area contributed by atoms with Crippen molar-refractivity contribution in [3.63, 3.8) is 0 Å². The lowest BCUT2D eigenvalue weighted by Crippen LogP contribution is -2.27. The van der Waals surface area contributed by atoms with Gasteiger partial charge in [-0.2, -0.15) is 0 Å². The third kappa shape index (κ3) is 5.94. The summed E-state index contributed by atoms with van der Waals surface area (Å²) in [5.41, 5.74) is 1.01. The molecule has 0 unspecified atom stereocenters. The number of benzene rings is 2. The fraction of sp³-hybridized carbons (Fsp3) is 0.176. The molecule has 0 heterocycles. The lowest BCUT2D eigenvalue weighted by atomic mass is 10.2. The zero-order valence-corrected chi connectivity index (χ0v) is 14.8. The fourth-order valence-corrected chi connectivity index (χ4v) is 3.13. The SMILES string of the molecule is CC(=O)Nc1cccc(NC(=O)CCNS(=O)(=O)c2ccc(F)cc2)c1. The molecular formula is C17H18FN3O4S. The number of amides is 2. The maximum Gasteiger partial charge on any atom is 0.240 e. The largest absolute Gasteiger partial charge is 0.326 e. The van der Waals surface area contributed by atoms with E-state index in [2.05, 4.69) is 15.4 Å². The lowest BCUT2D eigenvalue weighted by molar-refractivity contribution is -0.116. The lowest BCUT2D eigenvalue weighted by Gasteiger charge is -2.09. The molecular weight excluding hydrogens is 361 g/mol. The van der Waals surface area contributed by atoms with Crippen LogP contribution in [0.4, 0.5) is 15.8 Å². The summed E-state index contributed by atoms with van der Waals surface area (Å²) >= 11 is 0. The van der Waals surface area contributed by atoms with E-state index in [4.69, 9.17) is 0 Å². The van der Waals surface area contributed by atoms with Gasteiger partial charge < -0.3 is 10.6 Å². The Hall–Kier alpha value is -2.78. The molecule has 2 aromatic rings. The fourth-order valence-electron chi connectivity index (χ4n) is 2.10. The van der Waals surface area contributed by atoms with Gasteiger partial charge in [0.15, 0.2) is 0 Å². The Kier molecular flexibility index (Phi) is 6.42. The minimum absolute atomic E-state index is 0.0812. The Balaban J connectivity index is 1.87. The molecule has 0 atom stereocenters. The first-order chi connectivity index (χ1) is 12.3. The van der Waals surface area contributed by atoms with Crippen molar-refractivity contribution in [2.45, 2.75) is 18.2 Å². The molecule has 0 fully saturated rings. The van der Waals surface area contributed by atoms with E-state index in [-0.39, 0.29) is 23.8 Å². The molecule has 0 saturated carbocycles. The number of anilines is 2. The second-order valence-electron chi connectivity index (χ2n) is 5.41. The first kappa shape index (κ1) is 19.5. The third-order valence-electron chi connectivity index (χ3n) is 3.23. The van der Waals surface area contributed by atoms with Crippen molar-refractivity contribution >= 4 is 33.2 Å². The van der Waals surface area contributed by atoms with Gasteiger partial charge in [0.1, 0.15) is 5.82 Å². The van der Waals surface area contributed by atoms with Crippen molar-refractivity contribution in [2.24, 2.45) is 0 Å². The number of carbonyl (C=O) groups excluding carboxylic acids is 2. The summed E-state index contributed by atoms with van der Waals surface area (Å²) in [5.74, 6) is -1.17. The van der Waals surface area contributed by atoms with E-state index in [0.717, 1.165) is 24.3 Å². The Morgan fingerprint density at radius 1 is 1.00 bits per heavy atom. The van der Waals surface area contributed by atoms with Gasteiger partial charge in [0.05, 0.1) is 4.90 Å². The average molecular weight is 379 g/mol. The predicted octanol–water partition coefficient (Wildman–Crippen LogP) is 2.09. The van der Waals surface area contributed by atoms with Crippen molar-refractivity contribution in [2.75, 3.05) is 17.2 Å². The Morgan fingerprint density at radius 3 is 2.23 bits per heavy atom. The van der Waals surface area contributed by atoms with Gasteiger partial charge in [0.2, 0.25) is 21.8 Å². The van der Waals surface area contributed by atoms with Gasteiger partial charge in [-0.3, -0.25) is 9.59 Å². The van der Waals surface area contributed by atoms with Crippen LogP contribution in [-0.4, -0.2) is 26.8 Å². The predicted molar refractivity (Wildman–Crippen MR) is 95.6 cm³/mol. The maximum absolute atomic E-state index is 12.8. The smallest absolute Gasteiger partial charge is 0.240 e. The normalized spacial score (nSPS) is 11.0. The van der Waals surface area contributed by atoms with Crippen molar-refractivity contribution in [1.29, 1.82) is 0 Å². The van der Waals surface area contributed by atoms with E-state index < -0.39 is 21.7 Å². The second kappa shape index (κ2) is 8.54. The zero-order chi connectivity index (χ0) is 19.2. The van der Waals surface area contributed by atoms with Crippen LogP contribution in [-0.2, 0) is 19.6 Å². The summed E-state index contributed by atoms with van der Waals surface area (Å²) in [7, 11) is -3.81. The molecule has 0 bridgehead atoms. The summed E-state index contributed by atoms with van der Waals surface area (Å²) in [5, 5.41) is 5.21. The van der Waals surface area contributed by atoms with E-state index in [1.54, 1.807) is 24.3 Å². The van der Waals surface area contributed by atoms with E-state index in [1.807, 2.05) is 0 Å². The quantitative estimate of drug-likeness (QED) is 0.685. The van der Waals surface area contributed by atoms with Gasteiger partial charge in [-0.15, -0.1) is 0 Å². The maximum atomic E-state index is 12.8. The first-order valence-corrected chi connectivity index (χ1v) is 9.17. The number of hydrogen-bond acceptors (Lipinski definition) is 4. The first-order valence-electron chi connectivity index (χ1n) is 7.69. The summed E-state index contributed by atoms with van der Waals surface area (Å²) in [6.07, 6.45) is -0.0925. The van der Waals surface area contributed by atoms with Crippen LogP contribution in [0.25, 0.3) is 0 Å². The number of sulfonamides is 1. The van der Waals surface area contributed by atoms with Crippen molar-refractivity contribution in [3.8, 4) is 0 Å². The highest BCUT2D eigenvalue weighted by atomic mass is 32.2. The number of rotatable bonds is 7. The van der Waals surface area contributed by atoms with Crippen molar-refractivity contribution < 1.29 is 22.4 Å². The molecule has 0 aliphatic heterocycles. The molecule has 0 radical (unpaired) electrons. The Morgan fingerprint density at radius 2 is 1.62 bits per heavy atom. The van der Waals surface area contributed by atoms with Crippen LogP contribution in [0.2, 0.25) is 0 Å². The van der Waals surface area contributed by atoms with Crippen LogP contribution in [0, 0.1) is 5.82 Å². The van der Waals surface area contributed by atoms with Crippen LogP contribution >= 0.6 is 0 Å². The highest BCUT2D eigenvalue weighted by Crippen LogP contribution is 2.15. The monoisotopic (exact) mass is 379 g/mol. The van der Waals surface area contributed by atoms with Gasteiger partial charge in [-0.1, -0.05) is 6.07 Å². The topological polar surface area (TPSA) is 104 Å². The molecule has 0 aromatic heterocycles. The molecule has 0 spiro atoms. The van der Waals surface area contributed by atoms with Gasteiger partial charge in [-0.05, 0) is 42.5 Å². The van der Waals surface area contributed by atoms with Crippen LogP contribution in [0.5, 0.6) is 0 Å². The standard InChI is InChI=1S/C17H18FN3O4S/c1-12(22)20-14-3-2-4-15(11-14)21-17(23)9-10-19-26(24,25)16-7-5-13(18)6-8-16/h2-8,11,19H,9-10H2,1H3,(H,20,22)(H,21,23). The van der Waals surface area contributed by atoms with Gasteiger partial charge >= 0.3 is 0 Å². The summed E-state index contributed by atoms with van der Waals surface area (Å²) < 4.78 is 39.2. The molecule has 3 N–H and O–H groups in total. The molecule has 138 valence electrons. The van der Waals surface area contributed by atoms with Crippen molar-refractivity contribution in [1.82, 2.24) is 4.72 Å². The highest BCUT2D eigenvalue weighted by Gasteiger charge is 2.14. The molecule has 0 aliphatic rings. The molecule has 2 aromatic carbocycles. The molecule has 9 heteroatoms. The van der Waals surface area contributed by atoms with E-state index in [9.17, 15) is 22.4 Å². The summed E-state index contributed by atoms with van der Waals surface area (Å²) in [6, 6.07) is 10.9. The molecule has 7 nitrogen and oxygen atoms in total. The number of carbonyl (C=O) groups is 2. The average Bonchev–Trinajstić information content (AvgIpc) is 2.54.